The maximum absolute atomic E-state index is 13.5. The summed E-state index contributed by atoms with van der Waals surface area (Å²) in [5.41, 5.74) is 0.00323. The second-order valence-electron chi connectivity index (χ2n) is 4.00. The summed E-state index contributed by atoms with van der Waals surface area (Å²) < 4.78 is 15.2. The lowest BCUT2D eigenvalue weighted by atomic mass is 10.2. The summed E-state index contributed by atoms with van der Waals surface area (Å²) in [5.74, 6) is -1.05. The van der Waals surface area contributed by atoms with Crippen LogP contribution in [-0.4, -0.2) is 22.2 Å². The molecule has 0 saturated heterocycles. The zero-order chi connectivity index (χ0) is 13.7. The van der Waals surface area contributed by atoms with Gasteiger partial charge < -0.3 is 5.32 Å². The molecule has 1 aromatic heterocycles. The molecule has 100 valence electrons. The Morgan fingerprint density at radius 1 is 1.47 bits per heavy atom. The Bertz CT molecular complexity index is 557. The molecule has 6 heteroatoms. The third-order valence-corrected chi connectivity index (χ3v) is 2.82. The maximum atomic E-state index is 13.5. The molecule has 0 unspecified atom stereocenters. The van der Waals surface area contributed by atoms with Gasteiger partial charge >= 0.3 is 0 Å². The third kappa shape index (κ3) is 3.79. The highest BCUT2D eigenvalue weighted by atomic mass is 35.5. The highest BCUT2D eigenvalue weighted by Gasteiger charge is 2.11. The third-order valence-electron chi connectivity index (χ3n) is 2.58. The van der Waals surface area contributed by atoms with E-state index >= 15 is 0 Å². The van der Waals surface area contributed by atoms with Crippen LogP contribution in [0, 0.1) is 5.82 Å². The number of carbonyl (C=O) groups is 1. The van der Waals surface area contributed by atoms with Gasteiger partial charge in [0, 0.05) is 30.5 Å². The molecule has 0 bridgehead atoms. The average Bonchev–Trinajstić information content (AvgIpc) is 2.87. The fraction of sp³-hybridized carbons (Fsp3) is 0.231. The number of nitrogens with zero attached hydrogens (tertiary/aromatic N) is 2. The maximum Gasteiger partial charge on any atom is 0.254 e. The van der Waals surface area contributed by atoms with Gasteiger partial charge in [0.1, 0.15) is 5.82 Å². The number of halogens is 2. The SMILES string of the molecule is O=C(NCCCn1cccn1)c1ccc(Cl)cc1F. The smallest absolute Gasteiger partial charge is 0.254 e. The lowest BCUT2D eigenvalue weighted by Crippen LogP contribution is -2.26. The van der Waals surface area contributed by atoms with Crippen molar-refractivity contribution in [1.29, 1.82) is 0 Å². The second kappa shape index (κ2) is 6.33. The zero-order valence-electron chi connectivity index (χ0n) is 10.1. The normalized spacial score (nSPS) is 10.4. The molecule has 1 heterocycles. The fourth-order valence-corrected chi connectivity index (χ4v) is 1.80. The van der Waals surface area contributed by atoms with Crippen molar-refractivity contribution in [3.8, 4) is 0 Å². The molecule has 4 nitrogen and oxygen atoms in total. The minimum Gasteiger partial charge on any atom is -0.352 e. The first-order valence-electron chi connectivity index (χ1n) is 5.87. The van der Waals surface area contributed by atoms with E-state index in [0.29, 0.717) is 13.1 Å². The Labute approximate surface area is 115 Å². The lowest BCUT2D eigenvalue weighted by Gasteiger charge is -2.06. The molecule has 0 fully saturated rings. The van der Waals surface area contributed by atoms with Gasteiger partial charge in [-0.25, -0.2) is 4.39 Å². The van der Waals surface area contributed by atoms with Crippen molar-refractivity contribution in [2.75, 3.05) is 6.54 Å². The first-order valence-corrected chi connectivity index (χ1v) is 6.25. The van der Waals surface area contributed by atoms with Crippen LogP contribution < -0.4 is 5.32 Å². The molecule has 19 heavy (non-hydrogen) atoms. The largest absolute Gasteiger partial charge is 0.352 e. The van der Waals surface area contributed by atoms with Gasteiger partial charge in [-0.1, -0.05) is 11.6 Å². The van der Waals surface area contributed by atoms with Gasteiger partial charge in [-0.2, -0.15) is 5.10 Å². The van der Waals surface area contributed by atoms with Crippen LogP contribution in [0.1, 0.15) is 16.8 Å². The van der Waals surface area contributed by atoms with E-state index in [0.717, 1.165) is 12.5 Å². The molecule has 0 radical (unpaired) electrons. The van der Waals surface area contributed by atoms with Crippen LogP contribution in [0.5, 0.6) is 0 Å². The number of amides is 1. The van der Waals surface area contributed by atoms with Crippen LogP contribution in [0.2, 0.25) is 5.02 Å². The summed E-state index contributed by atoms with van der Waals surface area (Å²) in [6.07, 6.45) is 4.27. The number of nitrogens with one attached hydrogen (secondary N) is 1. The molecular weight excluding hydrogens is 269 g/mol. The van der Waals surface area contributed by atoms with E-state index in [2.05, 4.69) is 10.4 Å². The first-order chi connectivity index (χ1) is 9.16. The van der Waals surface area contributed by atoms with Crippen LogP contribution in [0.3, 0.4) is 0 Å². The number of aryl methyl sites for hydroxylation is 1. The summed E-state index contributed by atoms with van der Waals surface area (Å²) in [4.78, 5) is 11.7. The highest BCUT2D eigenvalue weighted by molar-refractivity contribution is 6.30. The molecule has 0 aliphatic heterocycles. The van der Waals surface area contributed by atoms with Crippen LogP contribution in [0.15, 0.2) is 36.7 Å². The first kappa shape index (κ1) is 13.5. The number of hydrogen-bond acceptors (Lipinski definition) is 2. The number of hydrogen-bond donors (Lipinski definition) is 1. The van der Waals surface area contributed by atoms with E-state index in [-0.39, 0.29) is 10.6 Å². The molecule has 1 amide bonds. The van der Waals surface area contributed by atoms with E-state index < -0.39 is 11.7 Å². The lowest BCUT2D eigenvalue weighted by molar-refractivity contribution is 0.0948. The van der Waals surface area contributed by atoms with E-state index in [1.165, 1.54) is 12.1 Å². The van der Waals surface area contributed by atoms with E-state index in [1.54, 1.807) is 10.9 Å². The Balaban J connectivity index is 1.81. The molecular formula is C13H13ClFN3O. The summed E-state index contributed by atoms with van der Waals surface area (Å²) in [6, 6.07) is 5.83. The van der Waals surface area contributed by atoms with Crippen molar-refractivity contribution in [2.45, 2.75) is 13.0 Å². The predicted molar refractivity (Wildman–Crippen MR) is 70.6 cm³/mol. The minimum atomic E-state index is -0.614. The monoisotopic (exact) mass is 281 g/mol. The number of benzene rings is 1. The summed E-state index contributed by atoms with van der Waals surface area (Å²) >= 11 is 5.62. The van der Waals surface area contributed by atoms with Crippen molar-refractivity contribution in [3.05, 3.63) is 53.1 Å². The number of carbonyl (C=O) groups excluding carboxylic acids is 1. The summed E-state index contributed by atoms with van der Waals surface area (Å²) in [5, 5.41) is 6.97. The van der Waals surface area contributed by atoms with Crippen molar-refractivity contribution in [3.63, 3.8) is 0 Å². The van der Waals surface area contributed by atoms with Gasteiger partial charge in [0.2, 0.25) is 0 Å². The van der Waals surface area contributed by atoms with Crippen LogP contribution in [0.4, 0.5) is 4.39 Å². The molecule has 0 atom stereocenters. The molecule has 0 spiro atoms. The quantitative estimate of drug-likeness (QED) is 0.856. The molecule has 0 saturated carbocycles. The van der Waals surface area contributed by atoms with Gasteiger partial charge in [0.15, 0.2) is 0 Å². The molecule has 0 aliphatic carbocycles. The molecule has 2 rings (SSSR count). The van der Waals surface area contributed by atoms with Gasteiger partial charge in [0.05, 0.1) is 5.56 Å². The molecule has 1 aromatic carbocycles. The number of rotatable bonds is 5. The minimum absolute atomic E-state index is 0.00323. The van der Waals surface area contributed by atoms with E-state index in [9.17, 15) is 9.18 Å². The Hall–Kier alpha value is -1.88. The highest BCUT2D eigenvalue weighted by Crippen LogP contribution is 2.14. The van der Waals surface area contributed by atoms with Crippen LogP contribution in [0.25, 0.3) is 0 Å². The molecule has 0 aliphatic rings. The van der Waals surface area contributed by atoms with Crippen molar-refractivity contribution in [1.82, 2.24) is 15.1 Å². The van der Waals surface area contributed by atoms with E-state index in [4.69, 9.17) is 11.6 Å². The van der Waals surface area contributed by atoms with Crippen LogP contribution >= 0.6 is 11.6 Å². The molecule has 1 N–H and O–H groups in total. The van der Waals surface area contributed by atoms with Crippen molar-refractivity contribution >= 4 is 17.5 Å². The number of aromatic nitrogens is 2. The van der Waals surface area contributed by atoms with Gasteiger partial charge in [-0.3, -0.25) is 9.48 Å². The predicted octanol–water partition coefficient (Wildman–Crippen LogP) is 2.50. The Kier molecular flexibility index (Phi) is 4.52. The average molecular weight is 282 g/mol. The topological polar surface area (TPSA) is 46.9 Å². The zero-order valence-corrected chi connectivity index (χ0v) is 10.9. The molecule has 2 aromatic rings. The summed E-state index contributed by atoms with van der Waals surface area (Å²) in [7, 11) is 0. The van der Waals surface area contributed by atoms with Crippen LogP contribution in [-0.2, 0) is 6.54 Å². The Morgan fingerprint density at radius 2 is 2.32 bits per heavy atom. The van der Waals surface area contributed by atoms with Gasteiger partial charge in [-0.15, -0.1) is 0 Å². The van der Waals surface area contributed by atoms with Crippen molar-refractivity contribution < 1.29 is 9.18 Å². The van der Waals surface area contributed by atoms with Gasteiger partial charge in [-0.05, 0) is 30.7 Å². The van der Waals surface area contributed by atoms with E-state index in [1.807, 2.05) is 12.3 Å². The standard InChI is InChI=1S/C13H13ClFN3O/c14-10-3-4-11(12(15)9-10)13(19)16-5-1-7-18-8-2-6-17-18/h2-4,6,8-9H,1,5,7H2,(H,16,19). The Morgan fingerprint density at radius 3 is 3.00 bits per heavy atom. The second-order valence-corrected chi connectivity index (χ2v) is 4.44. The fourth-order valence-electron chi connectivity index (χ4n) is 1.64. The van der Waals surface area contributed by atoms with Gasteiger partial charge in [0.25, 0.3) is 5.91 Å². The summed E-state index contributed by atoms with van der Waals surface area (Å²) in [6.45, 7) is 1.16. The van der Waals surface area contributed by atoms with Crippen molar-refractivity contribution in [2.24, 2.45) is 0 Å².